The average molecular weight is 350 g/mol. The van der Waals surface area contributed by atoms with Crippen LogP contribution in [0.1, 0.15) is 11.3 Å². The standard InChI is InChI=1S/C7H3F9N2O2S/c1-18-4(21(16,19)20)2(6(10,11)12)3(17-18)5(8,9)7(13,14)15/h1H3. The molecule has 122 valence electrons. The molecule has 4 nitrogen and oxygen atoms in total. The smallest absolute Gasteiger partial charge is 0.254 e. The lowest BCUT2D eigenvalue weighted by atomic mass is 10.1. The lowest BCUT2D eigenvalue weighted by molar-refractivity contribution is -0.292. The Bertz CT molecular complexity index is 655. The van der Waals surface area contributed by atoms with E-state index < -0.39 is 49.5 Å². The number of aryl methyl sites for hydroxylation is 1. The van der Waals surface area contributed by atoms with Crippen LogP contribution >= 0.6 is 0 Å². The maximum absolute atomic E-state index is 13.0. The van der Waals surface area contributed by atoms with Gasteiger partial charge in [-0.3, -0.25) is 4.68 Å². The molecule has 0 aliphatic carbocycles. The van der Waals surface area contributed by atoms with Crippen LogP contribution in [-0.4, -0.2) is 24.4 Å². The van der Waals surface area contributed by atoms with Crippen molar-refractivity contribution in [1.82, 2.24) is 9.78 Å². The normalized spacial score (nSPS) is 14.6. The maximum atomic E-state index is 13.0. The van der Waals surface area contributed by atoms with Gasteiger partial charge in [0.1, 0.15) is 5.56 Å². The molecule has 0 saturated carbocycles. The molecule has 0 aliphatic rings. The first-order valence-electron chi connectivity index (χ1n) is 4.55. The Kier molecular flexibility index (Phi) is 3.78. The van der Waals surface area contributed by atoms with Crippen LogP contribution < -0.4 is 0 Å². The number of halogens is 9. The number of rotatable bonds is 2. The minimum atomic E-state index is -6.49. The summed E-state index contributed by atoms with van der Waals surface area (Å²) in [6.07, 6.45) is -12.5. The number of alkyl halides is 8. The highest BCUT2D eigenvalue weighted by atomic mass is 32.3. The SMILES string of the molecule is Cn1nc(C(F)(F)C(F)(F)F)c(C(F)(F)F)c1S(=O)(=O)F. The molecule has 0 bridgehead atoms. The molecule has 0 amide bonds. The molecule has 0 N–H and O–H groups in total. The van der Waals surface area contributed by atoms with E-state index in [-0.39, 0.29) is 7.05 Å². The van der Waals surface area contributed by atoms with Crippen LogP contribution in [0.5, 0.6) is 0 Å². The summed E-state index contributed by atoms with van der Waals surface area (Å²) in [5.41, 5.74) is -5.95. The minimum absolute atomic E-state index is 0.275. The third kappa shape index (κ3) is 2.94. The van der Waals surface area contributed by atoms with E-state index >= 15 is 0 Å². The molecule has 0 atom stereocenters. The second kappa shape index (κ2) is 4.51. The Morgan fingerprint density at radius 2 is 1.43 bits per heavy atom. The van der Waals surface area contributed by atoms with Crippen LogP contribution in [-0.2, 0) is 29.4 Å². The van der Waals surface area contributed by atoms with Gasteiger partial charge in [0.15, 0.2) is 10.7 Å². The highest BCUT2D eigenvalue weighted by Gasteiger charge is 2.64. The molecule has 21 heavy (non-hydrogen) atoms. The van der Waals surface area contributed by atoms with Crippen molar-refractivity contribution in [2.24, 2.45) is 7.05 Å². The molecular weight excluding hydrogens is 347 g/mol. The van der Waals surface area contributed by atoms with Crippen molar-refractivity contribution in [3.8, 4) is 0 Å². The first kappa shape index (κ1) is 17.6. The molecule has 1 aromatic heterocycles. The van der Waals surface area contributed by atoms with Gasteiger partial charge in [-0.05, 0) is 0 Å². The van der Waals surface area contributed by atoms with Crippen LogP contribution in [0.25, 0.3) is 0 Å². The van der Waals surface area contributed by atoms with Crippen molar-refractivity contribution in [3.05, 3.63) is 11.3 Å². The van der Waals surface area contributed by atoms with Gasteiger partial charge in [-0.2, -0.15) is 48.6 Å². The summed E-state index contributed by atoms with van der Waals surface area (Å²) in [6, 6.07) is 0. The molecule has 0 aromatic carbocycles. The third-order valence-corrected chi connectivity index (χ3v) is 3.09. The largest absolute Gasteiger partial charge is 0.459 e. The predicted octanol–water partition coefficient (Wildman–Crippen LogP) is 2.75. The third-order valence-electron chi connectivity index (χ3n) is 2.16. The van der Waals surface area contributed by atoms with E-state index in [9.17, 15) is 47.4 Å². The van der Waals surface area contributed by atoms with Crippen LogP contribution in [0, 0.1) is 0 Å². The molecule has 0 saturated heterocycles. The quantitative estimate of drug-likeness (QED) is 0.609. The molecular formula is C7H3F9N2O2S. The van der Waals surface area contributed by atoms with E-state index in [0.29, 0.717) is 0 Å². The Labute approximate surface area is 110 Å². The lowest BCUT2D eigenvalue weighted by Crippen LogP contribution is -2.36. The second-order valence-electron chi connectivity index (χ2n) is 3.66. The van der Waals surface area contributed by atoms with Crippen molar-refractivity contribution in [3.63, 3.8) is 0 Å². The lowest BCUT2D eigenvalue weighted by Gasteiger charge is -2.19. The zero-order valence-electron chi connectivity index (χ0n) is 9.52. The first-order chi connectivity index (χ1) is 9.01. The van der Waals surface area contributed by atoms with Crippen LogP contribution in [0.3, 0.4) is 0 Å². The summed E-state index contributed by atoms with van der Waals surface area (Å²) in [5.74, 6) is -6.13. The Morgan fingerprint density at radius 3 is 1.71 bits per heavy atom. The van der Waals surface area contributed by atoms with Crippen molar-refractivity contribution >= 4 is 10.2 Å². The molecule has 0 fully saturated rings. The molecule has 0 unspecified atom stereocenters. The zero-order chi connectivity index (χ0) is 17.0. The fourth-order valence-electron chi connectivity index (χ4n) is 1.40. The Hall–Kier alpha value is -1.47. The van der Waals surface area contributed by atoms with Gasteiger partial charge in [0.05, 0.1) is 0 Å². The summed E-state index contributed by atoms with van der Waals surface area (Å²) in [4.78, 5) is 0. The van der Waals surface area contributed by atoms with E-state index in [4.69, 9.17) is 0 Å². The van der Waals surface area contributed by atoms with Crippen LogP contribution in [0.2, 0.25) is 0 Å². The van der Waals surface area contributed by atoms with Crippen molar-refractivity contribution in [2.75, 3.05) is 0 Å². The number of hydrogen-bond acceptors (Lipinski definition) is 3. The summed E-state index contributed by atoms with van der Waals surface area (Å²) in [6.45, 7) is 0. The maximum Gasteiger partial charge on any atom is 0.459 e. The predicted molar refractivity (Wildman–Crippen MR) is 46.5 cm³/mol. The molecule has 0 radical (unpaired) electrons. The van der Waals surface area contributed by atoms with Gasteiger partial charge in [-0.15, -0.1) is 0 Å². The van der Waals surface area contributed by atoms with Gasteiger partial charge in [-0.1, -0.05) is 3.89 Å². The number of hydrogen-bond donors (Lipinski definition) is 0. The van der Waals surface area contributed by atoms with Crippen molar-refractivity contribution < 1.29 is 47.4 Å². The monoisotopic (exact) mass is 350 g/mol. The van der Waals surface area contributed by atoms with Gasteiger partial charge in [0.25, 0.3) is 0 Å². The van der Waals surface area contributed by atoms with Crippen molar-refractivity contribution in [1.29, 1.82) is 0 Å². The topological polar surface area (TPSA) is 52.0 Å². The highest BCUT2D eigenvalue weighted by Crippen LogP contribution is 2.49. The highest BCUT2D eigenvalue weighted by molar-refractivity contribution is 7.86. The second-order valence-corrected chi connectivity index (χ2v) is 4.92. The molecule has 0 spiro atoms. The van der Waals surface area contributed by atoms with Crippen LogP contribution in [0.15, 0.2) is 5.03 Å². The Morgan fingerprint density at radius 1 is 1.00 bits per heavy atom. The molecule has 1 aromatic rings. The van der Waals surface area contributed by atoms with Crippen molar-refractivity contribution in [2.45, 2.75) is 23.3 Å². The molecule has 1 rings (SSSR count). The average Bonchev–Trinajstić information content (AvgIpc) is 2.53. The summed E-state index contributed by atoms with van der Waals surface area (Å²) in [7, 11) is -5.98. The fraction of sp³-hybridized carbons (Fsp3) is 0.571. The molecule has 1 heterocycles. The Balaban J connectivity index is 3.89. The van der Waals surface area contributed by atoms with Gasteiger partial charge in [-0.25, -0.2) is 0 Å². The van der Waals surface area contributed by atoms with E-state index in [1.165, 1.54) is 0 Å². The van der Waals surface area contributed by atoms with E-state index in [2.05, 4.69) is 5.10 Å². The van der Waals surface area contributed by atoms with E-state index in [0.717, 1.165) is 0 Å². The number of nitrogens with zero attached hydrogens (tertiary/aromatic N) is 2. The fourth-order valence-corrected chi connectivity index (χ4v) is 2.21. The van der Waals surface area contributed by atoms with E-state index in [1.807, 2.05) is 0 Å². The molecule has 0 aliphatic heterocycles. The first-order valence-corrected chi connectivity index (χ1v) is 5.93. The summed E-state index contributed by atoms with van der Waals surface area (Å²) < 4.78 is 133. The summed E-state index contributed by atoms with van der Waals surface area (Å²) in [5, 5.41) is -0.247. The van der Waals surface area contributed by atoms with Gasteiger partial charge in [0, 0.05) is 7.05 Å². The van der Waals surface area contributed by atoms with E-state index in [1.54, 1.807) is 0 Å². The minimum Gasteiger partial charge on any atom is -0.254 e. The van der Waals surface area contributed by atoms with Gasteiger partial charge in [0.2, 0.25) is 0 Å². The summed E-state index contributed by atoms with van der Waals surface area (Å²) >= 11 is 0. The van der Waals surface area contributed by atoms with Crippen LogP contribution in [0.4, 0.5) is 39.0 Å². The molecule has 14 heteroatoms. The van der Waals surface area contributed by atoms with Gasteiger partial charge >= 0.3 is 28.5 Å². The number of aromatic nitrogens is 2. The van der Waals surface area contributed by atoms with Gasteiger partial charge < -0.3 is 0 Å². The zero-order valence-corrected chi connectivity index (χ0v) is 10.3.